The lowest BCUT2D eigenvalue weighted by atomic mass is 9.90. The van der Waals surface area contributed by atoms with Gasteiger partial charge in [0.25, 0.3) is 0 Å². The Morgan fingerprint density at radius 3 is 2.71 bits per heavy atom. The van der Waals surface area contributed by atoms with Crippen LogP contribution in [0, 0.1) is 0 Å². The van der Waals surface area contributed by atoms with Crippen molar-refractivity contribution in [1.82, 2.24) is 9.91 Å². The Bertz CT molecular complexity index is 1040. The van der Waals surface area contributed by atoms with Gasteiger partial charge < -0.3 is 19.5 Å². The van der Waals surface area contributed by atoms with Crippen molar-refractivity contribution >= 4 is 11.6 Å². The van der Waals surface area contributed by atoms with Gasteiger partial charge in [-0.15, -0.1) is 0 Å². The van der Waals surface area contributed by atoms with Gasteiger partial charge in [0.1, 0.15) is 5.75 Å². The molecule has 3 aliphatic rings. The van der Waals surface area contributed by atoms with E-state index in [1.54, 1.807) is 13.0 Å². The molecule has 3 aliphatic heterocycles. The highest BCUT2D eigenvalue weighted by Crippen LogP contribution is 2.53. The number of rotatable bonds is 3. The number of ether oxygens (including phenoxy) is 2. The Hall–Kier alpha value is -3.22. The number of fused-ring (bicyclic) bond motifs is 4. The minimum atomic E-state index is -0.650. The van der Waals surface area contributed by atoms with Crippen molar-refractivity contribution in [3.8, 4) is 17.2 Å². The van der Waals surface area contributed by atoms with Gasteiger partial charge in [-0.05, 0) is 25.1 Å². The average Bonchev–Trinajstić information content (AvgIpc) is 3.22. The van der Waals surface area contributed by atoms with Gasteiger partial charge in [0.05, 0.1) is 18.4 Å². The number of aromatic hydroxyl groups is 1. The molecule has 0 bridgehead atoms. The van der Waals surface area contributed by atoms with E-state index < -0.39 is 5.72 Å². The van der Waals surface area contributed by atoms with Crippen LogP contribution in [0.2, 0.25) is 0 Å². The molecule has 0 aliphatic carbocycles. The summed E-state index contributed by atoms with van der Waals surface area (Å²) in [6.45, 7) is 5.36. The molecule has 2 aromatic carbocycles. The number of para-hydroxylation sites is 2. The molecule has 31 heavy (non-hydrogen) atoms. The molecule has 1 amide bonds. The summed E-state index contributed by atoms with van der Waals surface area (Å²) in [6.07, 6.45) is 1.97. The first kappa shape index (κ1) is 19.7. The van der Waals surface area contributed by atoms with Crippen molar-refractivity contribution in [2.45, 2.75) is 44.9 Å². The third-order valence-electron chi connectivity index (χ3n) is 6.49. The number of hydrogen-bond acceptors (Lipinski definition) is 6. The van der Waals surface area contributed by atoms with Crippen molar-refractivity contribution in [2.24, 2.45) is 5.10 Å². The summed E-state index contributed by atoms with van der Waals surface area (Å²) >= 11 is 0. The van der Waals surface area contributed by atoms with Gasteiger partial charge in [0.15, 0.2) is 11.5 Å². The van der Waals surface area contributed by atoms with Crippen LogP contribution in [0.5, 0.6) is 17.2 Å². The number of carbonyl (C=O) groups excluding carboxylic acids is 1. The Morgan fingerprint density at radius 2 is 2.00 bits per heavy atom. The fourth-order valence-electron chi connectivity index (χ4n) is 4.92. The van der Waals surface area contributed by atoms with E-state index in [1.165, 1.54) is 0 Å². The summed E-state index contributed by atoms with van der Waals surface area (Å²) in [4.78, 5) is 13.8. The van der Waals surface area contributed by atoms with E-state index >= 15 is 0 Å². The minimum Gasteiger partial charge on any atom is -0.507 e. The lowest BCUT2D eigenvalue weighted by molar-refractivity contribution is -0.159. The van der Waals surface area contributed by atoms with E-state index in [1.807, 2.05) is 42.2 Å². The van der Waals surface area contributed by atoms with Gasteiger partial charge in [-0.1, -0.05) is 24.3 Å². The maximum absolute atomic E-state index is 11.9. The van der Waals surface area contributed by atoms with Crippen LogP contribution in [0.4, 0.5) is 0 Å². The zero-order chi connectivity index (χ0) is 21.6. The number of amides is 1. The quantitative estimate of drug-likeness (QED) is 0.819. The fraction of sp³-hybridized carbons (Fsp3) is 0.417. The number of piperidine rings is 1. The highest BCUT2D eigenvalue weighted by molar-refractivity contribution is 6.04. The zero-order valence-corrected chi connectivity index (χ0v) is 17.9. The molecule has 1 atom stereocenters. The van der Waals surface area contributed by atoms with Crippen LogP contribution in [0.15, 0.2) is 47.6 Å². The van der Waals surface area contributed by atoms with Crippen molar-refractivity contribution in [1.29, 1.82) is 0 Å². The summed E-state index contributed by atoms with van der Waals surface area (Å²) < 4.78 is 12.6. The average molecular weight is 421 g/mol. The second-order valence-electron chi connectivity index (χ2n) is 8.29. The van der Waals surface area contributed by atoms with Crippen LogP contribution in [-0.4, -0.2) is 52.1 Å². The van der Waals surface area contributed by atoms with E-state index in [0.29, 0.717) is 39.0 Å². The predicted octanol–water partition coefficient (Wildman–Crippen LogP) is 3.67. The van der Waals surface area contributed by atoms with E-state index in [9.17, 15) is 9.90 Å². The van der Waals surface area contributed by atoms with Gasteiger partial charge in [-0.25, -0.2) is 5.01 Å². The van der Waals surface area contributed by atoms with Crippen LogP contribution in [0.25, 0.3) is 0 Å². The second kappa shape index (κ2) is 7.48. The van der Waals surface area contributed by atoms with Crippen LogP contribution in [-0.2, 0) is 4.79 Å². The zero-order valence-electron chi connectivity index (χ0n) is 17.9. The Balaban J connectivity index is 1.58. The van der Waals surface area contributed by atoms with Gasteiger partial charge in [0, 0.05) is 50.4 Å². The third-order valence-corrected chi connectivity index (χ3v) is 6.49. The predicted molar refractivity (Wildman–Crippen MR) is 116 cm³/mol. The number of hydrazone groups is 1. The lowest BCUT2D eigenvalue weighted by Crippen LogP contribution is -2.59. The van der Waals surface area contributed by atoms with E-state index in [-0.39, 0.29) is 17.7 Å². The highest BCUT2D eigenvalue weighted by Gasteiger charge is 2.53. The molecule has 1 spiro atoms. The molecular formula is C24H27N3O4. The standard InChI is InChI=1S/C24H27N3O4/c1-3-30-22-10-6-8-18-20-15-19(17-7-4-5-9-21(17)29)25-27(20)24(31-23(18)22)11-13-26(14-12-24)16(2)28/h4-10,20,29H,3,11-15H2,1-2H3/t20-/m1/s1. The van der Waals surface area contributed by atoms with Crippen molar-refractivity contribution in [2.75, 3.05) is 19.7 Å². The van der Waals surface area contributed by atoms with Crippen LogP contribution >= 0.6 is 0 Å². The molecule has 7 heteroatoms. The highest BCUT2D eigenvalue weighted by atomic mass is 16.6. The van der Waals surface area contributed by atoms with Gasteiger partial charge in [0.2, 0.25) is 11.6 Å². The number of likely N-dealkylation sites (tertiary alicyclic amines) is 1. The maximum Gasteiger partial charge on any atom is 0.219 e. The summed E-state index contributed by atoms with van der Waals surface area (Å²) in [5.74, 6) is 1.82. The summed E-state index contributed by atoms with van der Waals surface area (Å²) in [5.41, 5.74) is 1.98. The first-order chi connectivity index (χ1) is 15.0. The second-order valence-corrected chi connectivity index (χ2v) is 8.29. The molecule has 2 aromatic rings. The Morgan fingerprint density at radius 1 is 1.23 bits per heavy atom. The number of nitrogens with zero attached hydrogens (tertiary/aromatic N) is 3. The molecule has 1 fully saturated rings. The normalized spacial score (nSPS) is 21.2. The lowest BCUT2D eigenvalue weighted by Gasteiger charge is -2.51. The fourth-order valence-corrected chi connectivity index (χ4v) is 4.92. The molecule has 1 saturated heterocycles. The molecule has 0 saturated carbocycles. The number of hydrogen-bond donors (Lipinski definition) is 1. The molecule has 1 N–H and O–H groups in total. The van der Waals surface area contributed by atoms with E-state index in [4.69, 9.17) is 14.6 Å². The molecule has 0 unspecified atom stereocenters. The SMILES string of the molecule is CCOc1cccc2c1OC1(CCN(C(C)=O)CC1)N1N=C(c3ccccc3O)C[C@H]21. The van der Waals surface area contributed by atoms with Gasteiger partial charge >= 0.3 is 0 Å². The number of carbonyl (C=O) groups is 1. The summed E-state index contributed by atoms with van der Waals surface area (Å²) in [6, 6.07) is 13.3. The van der Waals surface area contributed by atoms with Crippen molar-refractivity contribution in [3.05, 3.63) is 53.6 Å². The van der Waals surface area contributed by atoms with Gasteiger partial charge in [-0.3, -0.25) is 4.79 Å². The summed E-state index contributed by atoms with van der Waals surface area (Å²) in [5, 5.41) is 17.5. The van der Waals surface area contributed by atoms with Crippen molar-refractivity contribution < 1.29 is 19.4 Å². The topological polar surface area (TPSA) is 74.6 Å². The van der Waals surface area contributed by atoms with E-state index in [0.717, 1.165) is 28.3 Å². The maximum atomic E-state index is 11.9. The van der Waals surface area contributed by atoms with Crippen molar-refractivity contribution in [3.63, 3.8) is 0 Å². The summed E-state index contributed by atoms with van der Waals surface area (Å²) in [7, 11) is 0. The van der Waals surface area contributed by atoms with Crippen LogP contribution < -0.4 is 9.47 Å². The number of phenols is 1. The molecule has 5 rings (SSSR count). The third kappa shape index (κ3) is 3.19. The molecule has 7 nitrogen and oxygen atoms in total. The molecule has 3 heterocycles. The van der Waals surface area contributed by atoms with Gasteiger partial charge in [-0.2, -0.15) is 5.10 Å². The smallest absolute Gasteiger partial charge is 0.219 e. The molecule has 0 radical (unpaired) electrons. The molecule has 162 valence electrons. The first-order valence-electron chi connectivity index (χ1n) is 10.9. The molecule has 0 aromatic heterocycles. The Kier molecular flexibility index (Phi) is 4.76. The largest absolute Gasteiger partial charge is 0.507 e. The number of benzene rings is 2. The number of phenolic OH excluding ortho intramolecular Hbond substituents is 1. The molecular weight excluding hydrogens is 394 g/mol. The van der Waals surface area contributed by atoms with Crippen LogP contribution in [0.1, 0.15) is 50.3 Å². The van der Waals surface area contributed by atoms with Crippen LogP contribution in [0.3, 0.4) is 0 Å². The minimum absolute atomic E-state index is 0.0114. The Labute approximate surface area is 181 Å². The monoisotopic (exact) mass is 421 g/mol. The first-order valence-corrected chi connectivity index (χ1v) is 10.9. The van der Waals surface area contributed by atoms with E-state index in [2.05, 4.69) is 11.1 Å².